The van der Waals surface area contributed by atoms with Gasteiger partial charge in [0.05, 0.1) is 16.1 Å². The highest BCUT2D eigenvalue weighted by molar-refractivity contribution is 9.08. The Kier molecular flexibility index (Phi) is 1.69. The summed E-state index contributed by atoms with van der Waals surface area (Å²) in [4.78, 5) is 4.02. The van der Waals surface area contributed by atoms with E-state index < -0.39 is 0 Å². The number of rotatable bonds is 0. The fourth-order valence-electron chi connectivity index (χ4n) is 0.961. The molecule has 0 saturated carbocycles. The van der Waals surface area contributed by atoms with E-state index in [9.17, 15) is 0 Å². The molecule has 4 nitrogen and oxygen atoms in total. The molecule has 2 rings (SSSR count). The molecule has 12 heavy (non-hydrogen) atoms. The summed E-state index contributed by atoms with van der Waals surface area (Å²) in [5.41, 5.74) is 6.98. The van der Waals surface area contributed by atoms with Crippen molar-refractivity contribution in [1.29, 1.82) is 0 Å². The molecule has 2 aromatic heterocycles. The number of pyridine rings is 1. The molecular weight excluding hydrogens is 243 g/mol. The molecule has 0 radical (unpaired) electrons. The molecule has 0 aromatic carbocycles. The number of halogens is 2. The summed E-state index contributed by atoms with van der Waals surface area (Å²) >= 11 is 8.87. The van der Waals surface area contributed by atoms with Crippen molar-refractivity contribution < 1.29 is 0 Å². The lowest BCUT2D eigenvalue weighted by Crippen LogP contribution is -1.86. The number of nitrogens with two attached hydrogens (primary N) is 1. The van der Waals surface area contributed by atoms with Crippen LogP contribution in [-0.4, -0.2) is 13.8 Å². The van der Waals surface area contributed by atoms with E-state index in [0.717, 1.165) is 5.52 Å². The maximum atomic E-state index is 5.68. The highest BCUT2D eigenvalue weighted by Gasteiger charge is 2.07. The maximum absolute atomic E-state index is 5.68. The smallest absolute Gasteiger partial charge is 0.173 e. The Balaban J connectivity index is 2.90. The van der Waals surface area contributed by atoms with Crippen molar-refractivity contribution in [2.45, 2.75) is 0 Å². The van der Waals surface area contributed by atoms with Crippen molar-refractivity contribution in [3.63, 3.8) is 0 Å². The minimum atomic E-state index is 0.365. The van der Waals surface area contributed by atoms with E-state index in [-0.39, 0.29) is 0 Å². The lowest BCUT2D eigenvalue weighted by molar-refractivity contribution is 1.07. The van der Waals surface area contributed by atoms with Gasteiger partial charge in [0, 0.05) is 0 Å². The van der Waals surface area contributed by atoms with Gasteiger partial charge in [0.1, 0.15) is 16.2 Å². The molecule has 0 amide bonds. The van der Waals surface area contributed by atoms with Gasteiger partial charge >= 0.3 is 0 Å². The first kappa shape index (κ1) is 7.82. The van der Waals surface area contributed by atoms with Gasteiger partial charge in [-0.2, -0.15) is 3.71 Å². The predicted molar refractivity (Wildman–Crippen MR) is 51.3 cm³/mol. The van der Waals surface area contributed by atoms with Crippen LogP contribution in [-0.2, 0) is 0 Å². The predicted octanol–water partition coefficient (Wildman–Crippen LogP) is 1.82. The number of nitrogen functional groups attached to an aromatic ring is 1. The number of nitrogens with zero attached hydrogens (tertiary/aromatic N) is 3. The second-order valence-electron chi connectivity index (χ2n) is 2.25. The van der Waals surface area contributed by atoms with Gasteiger partial charge < -0.3 is 5.73 Å². The first-order valence-corrected chi connectivity index (χ1v) is 4.24. The molecule has 0 spiro atoms. The van der Waals surface area contributed by atoms with Crippen LogP contribution < -0.4 is 5.73 Å². The zero-order valence-corrected chi connectivity index (χ0v) is 8.17. The summed E-state index contributed by atoms with van der Waals surface area (Å²) in [5.74, 6) is 0.365. The topological polar surface area (TPSA) is 56.7 Å². The molecular formula is C6H4BrClN4. The van der Waals surface area contributed by atoms with E-state index in [4.69, 9.17) is 17.3 Å². The standard InChI is InChI=1S/C6H4BrClN4/c7-12-3-1-2-4(8)10-5(3)6(9)11-12/h1-2H,(H2,9,11). The molecule has 0 fully saturated rings. The average molecular weight is 247 g/mol. The zero-order valence-electron chi connectivity index (χ0n) is 5.83. The molecule has 0 bridgehead atoms. The molecule has 2 aromatic rings. The van der Waals surface area contributed by atoms with Gasteiger partial charge in [-0.25, -0.2) is 4.98 Å². The average Bonchev–Trinajstić information content (AvgIpc) is 2.28. The number of fused-ring (bicyclic) bond motifs is 1. The van der Waals surface area contributed by atoms with Crippen LogP contribution >= 0.6 is 27.7 Å². The molecule has 62 valence electrons. The van der Waals surface area contributed by atoms with Gasteiger partial charge in [-0.3, -0.25) is 0 Å². The van der Waals surface area contributed by atoms with Gasteiger partial charge in [0.15, 0.2) is 5.82 Å². The first-order chi connectivity index (χ1) is 5.68. The second kappa shape index (κ2) is 2.60. The minimum Gasteiger partial charge on any atom is -0.380 e. The number of aromatic nitrogens is 3. The van der Waals surface area contributed by atoms with Crippen LogP contribution in [0, 0.1) is 0 Å². The van der Waals surface area contributed by atoms with Crippen molar-refractivity contribution in [3.05, 3.63) is 17.3 Å². The van der Waals surface area contributed by atoms with Crippen molar-refractivity contribution >= 4 is 44.6 Å². The summed E-state index contributed by atoms with van der Waals surface area (Å²) in [6.07, 6.45) is 0. The number of hydrogen-bond donors (Lipinski definition) is 1. The van der Waals surface area contributed by atoms with Crippen LogP contribution in [0.3, 0.4) is 0 Å². The van der Waals surface area contributed by atoms with E-state index in [1.807, 2.05) is 0 Å². The third-order valence-electron chi connectivity index (χ3n) is 1.48. The lowest BCUT2D eigenvalue weighted by atomic mass is 10.4. The molecule has 0 aliphatic rings. The highest BCUT2D eigenvalue weighted by atomic mass is 79.9. The van der Waals surface area contributed by atoms with Gasteiger partial charge in [-0.05, 0) is 12.1 Å². The Morgan fingerprint density at radius 2 is 2.25 bits per heavy atom. The monoisotopic (exact) mass is 246 g/mol. The van der Waals surface area contributed by atoms with E-state index in [0.29, 0.717) is 16.5 Å². The SMILES string of the molecule is Nc1nn(Br)c2ccc(Cl)nc12. The summed E-state index contributed by atoms with van der Waals surface area (Å²) in [7, 11) is 0. The molecule has 0 unspecified atom stereocenters. The van der Waals surface area contributed by atoms with Crippen LogP contribution in [0.25, 0.3) is 11.0 Å². The van der Waals surface area contributed by atoms with Gasteiger partial charge in [0.25, 0.3) is 0 Å². The Bertz CT molecular complexity index is 438. The van der Waals surface area contributed by atoms with Crippen LogP contribution in [0.4, 0.5) is 5.82 Å². The van der Waals surface area contributed by atoms with E-state index in [1.54, 1.807) is 12.1 Å². The van der Waals surface area contributed by atoms with Crippen LogP contribution in [0.15, 0.2) is 12.1 Å². The van der Waals surface area contributed by atoms with Crippen molar-refractivity contribution in [3.8, 4) is 0 Å². The fraction of sp³-hybridized carbons (Fsp3) is 0. The molecule has 0 atom stereocenters. The Morgan fingerprint density at radius 1 is 1.50 bits per heavy atom. The minimum absolute atomic E-state index is 0.365. The number of hydrogen-bond acceptors (Lipinski definition) is 3. The van der Waals surface area contributed by atoms with Gasteiger partial charge in [-0.15, -0.1) is 5.10 Å². The Labute approximate surface area is 81.7 Å². The van der Waals surface area contributed by atoms with Crippen LogP contribution in [0.5, 0.6) is 0 Å². The molecule has 2 N–H and O–H groups in total. The quantitative estimate of drug-likeness (QED) is 0.723. The second-order valence-corrected chi connectivity index (χ2v) is 3.31. The Morgan fingerprint density at radius 3 is 3.00 bits per heavy atom. The molecule has 2 heterocycles. The van der Waals surface area contributed by atoms with Gasteiger partial charge in [-0.1, -0.05) is 11.6 Å². The van der Waals surface area contributed by atoms with E-state index in [1.165, 1.54) is 3.71 Å². The van der Waals surface area contributed by atoms with Gasteiger partial charge in [0.2, 0.25) is 0 Å². The third-order valence-corrected chi connectivity index (χ3v) is 2.23. The largest absolute Gasteiger partial charge is 0.380 e. The summed E-state index contributed by atoms with van der Waals surface area (Å²) in [5, 5.41) is 4.33. The normalized spacial score (nSPS) is 10.8. The molecule has 6 heteroatoms. The summed E-state index contributed by atoms with van der Waals surface area (Å²) < 4.78 is 1.49. The van der Waals surface area contributed by atoms with Crippen LogP contribution in [0.1, 0.15) is 0 Å². The van der Waals surface area contributed by atoms with Crippen molar-refractivity contribution in [1.82, 2.24) is 13.8 Å². The zero-order chi connectivity index (χ0) is 8.72. The summed E-state index contributed by atoms with van der Waals surface area (Å²) in [6.45, 7) is 0. The first-order valence-electron chi connectivity index (χ1n) is 3.15. The number of anilines is 1. The van der Waals surface area contributed by atoms with Crippen molar-refractivity contribution in [2.75, 3.05) is 5.73 Å². The molecule has 0 aliphatic heterocycles. The fourth-order valence-corrected chi connectivity index (χ4v) is 1.57. The molecule has 0 saturated heterocycles. The lowest BCUT2D eigenvalue weighted by Gasteiger charge is -1.90. The van der Waals surface area contributed by atoms with E-state index >= 15 is 0 Å². The highest BCUT2D eigenvalue weighted by Crippen LogP contribution is 2.21. The van der Waals surface area contributed by atoms with E-state index in [2.05, 4.69) is 26.2 Å². The third kappa shape index (κ3) is 1.05. The maximum Gasteiger partial charge on any atom is 0.173 e. The van der Waals surface area contributed by atoms with Crippen molar-refractivity contribution in [2.24, 2.45) is 0 Å². The Hall–Kier alpha value is -0.810. The summed E-state index contributed by atoms with van der Waals surface area (Å²) in [6, 6.07) is 3.48. The molecule has 0 aliphatic carbocycles. The van der Waals surface area contributed by atoms with Crippen LogP contribution in [0.2, 0.25) is 5.15 Å².